The van der Waals surface area contributed by atoms with E-state index in [9.17, 15) is 4.79 Å². The Morgan fingerprint density at radius 3 is 2.71 bits per heavy atom. The number of thioether (sulfide) groups is 1. The van der Waals surface area contributed by atoms with Gasteiger partial charge in [0.05, 0.1) is 11.4 Å². The molecule has 0 bridgehead atoms. The molecule has 0 saturated carbocycles. The highest BCUT2D eigenvalue weighted by Crippen LogP contribution is 2.23. The summed E-state index contributed by atoms with van der Waals surface area (Å²) in [6.07, 6.45) is 3.69. The van der Waals surface area contributed by atoms with Crippen LogP contribution in [0.1, 0.15) is 11.1 Å². The van der Waals surface area contributed by atoms with E-state index < -0.39 is 0 Å². The van der Waals surface area contributed by atoms with Crippen LogP contribution in [-0.2, 0) is 4.79 Å². The van der Waals surface area contributed by atoms with Gasteiger partial charge in [-0.25, -0.2) is 4.98 Å². The Labute approximate surface area is 145 Å². The standard InChI is InChI=1S/C19H19N3OS/c1-14-8-9-17(15(2)12-14)22-11-10-20-19(22)24-13-18(23)21-16-6-4-3-5-7-16/h3-12H,13H2,1-2H3,(H,21,23). The molecule has 4 nitrogen and oxygen atoms in total. The zero-order valence-corrected chi connectivity index (χ0v) is 14.5. The van der Waals surface area contributed by atoms with Crippen molar-refractivity contribution < 1.29 is 4.79 Å². The van der Waals surface area contributed by atoms with Crippen molar-refractivity contribution >= 4 is 23.4 Å². The third kappa shape index (κ3) is 3.86. The van der Waals surface area contributed by atoms with Crippen LogP contribution in [-0.4, -0.2) is 21.2 Å². The van der Waals surface area contributed by atoms with Crippen LogP contribution in [0.15, 0.2) is 66.1 Å². The molecule has 0 unspecified atom stereocenters. The van der Waals surface area contributed by atoms with E-state index in [1.165, 1.54) is 22.9 Å². The highest BCUT2D eigenvalue weighted by Gasteiger charge is 2.10. The zero-order valence-electron chi connectivity index (χ0n) is 13.7. The second-order valence-corrected chi connectivity index (χ2v) is 6.52. The smallest absolute Gasteiger partial charge is 0.234 e. The monoisotopic (exact) mass is 337 g/mol. The molecule has 24 heavy (non-hydrogen) atoms. The average molecular weight is 337 g/mol. The fraction of sp³-hybridized carbons (Fsp3) is 0.158. The number of aryl methyl sites for hydroxylation is 2. The van der Waals surface area contributed by atoms with E-state index in [1.54, 1.807) is 6.20 Å². The van der Waals surface area contributed by atoms with Crippen LogP contribution in [0.25, 0.3) is 5.69 Å². The number of carbonyl (C=O) groups is 1. The molecule has 0 aliphatic heterocycles. The topological polar surface area (TPSA) is 46.9 Å². The van der Waals surface area contributed by atoms with Crippen molar-refractivity contribution in [3.63, 3.8) is 0 Å². The third-order valence-corrected chi connectivity index (χ3v) is 4.58. The summed E-state index contributed by atoms with van der Waals surface area (Å²) in [7, 11) is 0. The summed E-state index contributed by atoms with van der Waals surface area (Å²) in [5.74, 6) is 0.276. The van der Waals surface area contributed by atoms with Crippen LogP contribution >= 0.6 is 11.8 Å². The Hall–Kier alpha value is -2.53. The molecule has 0 spiro atoms. The Morgan fingerprint density at radius 1 is 1.17 bits per heavy atom. The van der Waals surface area contributed by atoms with Crippen LogP contribution < -0.4 is 5.32 Å². The van der Waals surface area contributed by atoms with Gasteiger partial charge in [-0.15, -0.1) is 0 Å². The zero-order chi connectivity index (χ0) is 16.9. The van der Waals surface area contributed by atoms with E-state index in [1.807, 2.05) is 41.1 Å². The van der Waals surface area contributed by atoms with Crippen LogP contribution in [0.5, 0.6) is 0 Å². The number of benzene rings is 2. The number of imidazole rings is 1. The largest absolute Gasteiger partial charge is 0.325 e. The fourth-order valence-corrected chi connectivity index (χ4v) is 3.27. The quantitative estimate of drug-likeness (QED) is 0.709. The molecular formula is C19H19N3OS. The van der Waals surface area contributed by atoms with E-state index in [0.717, 1.165) is 16.5 Å². The van der Waals surface area contributed by atoms with Crippen LogP contribution in [0, 0.1) is 13.8 Å². The Kier molecular flexibility index (Phi) is 5.01. The summed E-state index contributed by atoms with van der Waals surface area (Å²) in [6.45, 7) is 4.16. The van der Waals surface area contributed by atoms with Crippen molar-refractivity contribution in [1.29, 1.82) is 0 Å². The second kappa shape index (κ2) is 7.36. The minimum absolute atomic E-state index is 0.0404. The minimum Gasteiger partial charge on any atom is -0.325 e. The van der Waals surface area contributed by atoms with Crippen molar-refractivity contribution in [2.24, 2.45) is 0 Å². The third-order valence-electron chi connectivity index (χ3n) is 3.61. The molecule has 0 atom stereocenters. The first-order valence-electron chi connectivity index (χ1n) is 7.72. The van der Waals surface area contributed by atoms with Gasteiger partial charge in [0.1, 0.15) is 0 Å². The lowest BCUT2D eigenvalue weighted by Gasteiger charge is -2.11. The number of aromatic nitrogens is 2. The maximum Gasteiger partial charge on any atom is 0.234 e. The predicted octanol–water partition coefficient (Wildman–Crippen LogP) is 4.22. The number of hydrogen-bond donors (Lipinski definition) is 1. The number of carbonyl (C=O) groups excluding carboxylic acids is 1. The lowest BCUT2D eigenvalue weighted by atomic mass is 10.1. The summed E-state index contributed by atoms with van der Waals surface area (Å²) in [4.78, 5) is 16.5. The number of amides is 1. The van der Waals surface area contributed by atoms with E-state index >= 15 is 0 Å². The maximum absolute atomic E-state index is 12.1. The molecule has 0 aliphatic rings. The van der Waals surface area contributed by atoms with Gasteiger partial charge in [-0.05, 0) is 37.6 Å². The van der Waals surface area contributed by atoms with Gasteiger partial charge in [0, 0.05) is 18.1 Å². The van der Waals surface area contributed by atoms with Crippen molar-refractivity contribution in [2.75, 3.05) is 11.1 Å². The van der Waals surface area contributed by atoms with E-state index in [-0.39, 0.29) is 5.91 Å². The van der Waals surface area contributed by atoms with Crippen molar-refractivity contribution in [3.8, 4) is 5.69 Å². The van der Waals surface area contributed by atoms with Gasteiger partial charge in [-0.1, -0.05) is 47.7 Å². The SMILES string of the molecule is Cc1ccc(-n2ccnc2SCC(=O)Nc2ccccc2)c(C)c1. The molecule has 3 aromatic rings. The Morgan fingerprint density at radius 2 is 1.96 bits per heavy atom. The highest BCUT2D eigenvalue weighted by molar-refractivity contribution is 7.99. The Balaban J connectivity index is 1.69. The number of nitrogens with zero attached hydrogens (tertiary/aromatic N) is 2. The molecule has 3 rings (SSSR count). The molecule has 1 N–H and O–H groups in total. The highest BCUT2D eigenvalue weighted by atomic mass is 32.2. The lowest BCUT2D eigenvalue weighted by Crippen LogP contribution is -2.14. The van der Waals surface area contributed by atoms with E-state index in [0.29, 0.717) is 5.75 Å². The average Bonchev–Trinajstić information content (AvgIpc) is 3.02. The van der Waals surface area contributed by atoms with Crippen LogP contribution in [0.2, 0.25) is 0 Å². The molecule has 122 valence electrons. The molecule has 0 fully saturated rings. The molecule has 5 heteroatoms. The first kappa shape index (κ1) is 16.3. The predicted molar refractivity (Wildman–Crippen MR) is 98.8 cm³/mol. The second-order valence-electron chi connectivity index (χ2n) is 5.57. The number of anilines is 1. The summed E-state index contributed by atoms with van der Waals surface area (Å²) >= 11 is 1.43. The molecule has 1 heterocycles. The van der Waals surface area contributed by atoms with Gasteiger partial charge in [-0.3, -0.25) is 9.36 Å². The molecule has 0 radical (unpaired) electrons. The van der Waals surface area contributed by atoms with Crippen molar-refractivity contribution in [2.45, 2.75) is 19.0 Å². The maximum atomic E-state index is 12.1. The Bertz CT molecular complexity index is 843. The summed E-state index contributed by atoms with van der Waals surface area (Å²) in [5, 5.41) is 3.70. The molecule has 2 aromatic carbocycles. The number of nitrogens with one attached hydrogen (secondary N) is 1. The molecule has 1 aromatic heterocycles. The molecule has 1 amide bonds. The van der Waals surface area contributed by atoms with Gasteiger partial charge in [0.2, 0.25) is 5.91 Å². The van der Waals surface area contributed by atoms with Gasteiger partial charge < -0.3 is 5.32 Å². The van der Waals surface area contributed by atoms with Crippen molar-refractivity contribution in [1.82, 2.24) is 9.55 Å². The van der Waals surface area contributed by atoms with E-state index in [2.05, 4.69) is 42.3 Å². The first-order valence-corrected chi connectivity index (χ1v) is 8.71. The first-order chi connectivity index (χ1) is 11.6. The normalized spacial score (nSPS) is 10.6. The van der Waals surface area contributed by atoms with E-state index in [4.69, 9.17) is 0 Å². The summed E-state index contributed by atoms with van der Waals surface area (Å²) in [5.41, 5.74) is 4.31. The fourth-order valence-electron chi connectivity index (χ4n) is 2.50. The van der Waals surface area contributed by atoms with Gasteiger partial charge >= 0.3 is 0 Å². The van der Waals surface area contributed by atoms with Gasteiger partial charge in [-0.2, -0.15) is 0 Å². The van der Waals surface area contributed by atoms with Crippen LogP contribution in [0.4, 0.5) is 5.69 Å². The van der Waals surface area contributed by atoms with Crippen molar-refractivity contribution in [3.05, 3.63) is 72.1 Å². The number of para-hydroxylation sites is 1. The van der Waals surface area contributed by atoms with Gasteiger partial charge in [0.25, 0.3) is 0 Å². The van der Waals surface area contributed by atoms with Gasteiger partial charge in [0.15, 0.2) is 5.16 Å². The number of rotatable bonds is 5. The summed E-state index contributed by atoms with van der Waals surface area (Å²) < 4.78 is 2.02. The van der Waals surface area contributed by atoms with Crippen LogP contribution in [0.3, 0.4) is 0 Å². The summed E-state index contributed by atoms with van der Waals surface area (Å²) in [6, 6.07) is 15.8. The molecular weight excluding hydrogens is 318 g/mol. The minimum atomic E-state index is -0.0404. The molecule has 0 aliphatic carbocycles. The lowest BCUT2D eigenvalue weighted by molar-refractivity contribution is -0.113. The molecule has 0 saturated heterocycles. The number of hydrogen-bond acceptors (Lipinski definition) is 3.